The molecule has 2 fully saturated rings. The lowest BCUT2D eigenvalue weighted by Crippen LogP contribution is -2.54. The lowest BCUT2D eigenvalue weighted by molar-refractivity contribution is 0.0973. The summed E-state index contributed by atoms with van der Waals surface area (Å²) in [5.41, 5.74) is 0.543. The highest BCUT2D eigenvalue weighted by Gasteiger charge is 2.34. The molecule has 0 aromatic heterocycles. The third-order valence-corrected chi connectivity index (χ3v) is 5.93. The summed E-state index contributed by atoms with van der Waals surface area (Å²) < 4.78 is 45.3. The largest absolute Gasteiger partial charge is 0.493 e. The summed E-state index contributed by atoms with van der Waals surface area (Å²) in [6, 6.07) is 2.64. The summed E-state index contributed by atoms with van der Waals surface area (Å²) in [4.78, 5) is 12.1. The van der Waals surface area contributed by atoms with Gasteiger partial charge in [-0.15, -0.1) is 0 Å². The Bertz CT molecular complexity index is 786. The molecule has 1 aromatic carbocycles. The fraction of sp³-hybridized carbons (Fsp3) is 0.588. The summed E-state index contributed by atoms with van der Waals surface area (Å²) in [5.74, 6) is -1.28. The number of rotatable bonds is 7. The van der Waals surface area contributed by atoms with E-state index in [0.29, 0.717) is 12.4 Å². The summed E-state index contributed by atoms with van der Waals surface area (Å²) in [6.07, 6.45) is 1.91. The highest BCUT2D eigenvalue weighted by molar-refractivity contribution is 7.90. The van der Waals surface area contributed by atoms with Crippen LogP contribution in [0.2, 0.25) is 0 Å². The Morgan fingerprint density at radius 1 is 1.40 bits per heavy atom. The lowest BCUT2D eigenvalue weighted by atomic mass is 9.85. The van der Waals surface area contributed by atoms with Gasteiger partial charge in [0.1, 0.15) is 11.6 Å². The second-order valence-corrected chi connectivity index (χ2v) is 9.19. The quantitative estimate of drug-likeness (QED) is 0.764. The van der Waals surface area contributed by atoms with Crippen LogP contribution >= 0.6 is 0 Å². The topological polar surface area (TPSA) is 84.5 Å². The molecule has 0 unspecified atom stereocenters. The molecule has 6 nitrogen and oxygen atoms in total. The van der Waals surface area contributed by atoms with E-state index in [0.717, 1.165) is 31.5 Å². The molecule has 2 N–H and O–H groups in total. The Hall–Kier alpha value is -1.67. The van der Waals surface area contributed by atoms with Crippen LogP contribution in [0.4, 0.5) is 4.39 Å². The van der Waals surface area contributed by atoms with Crippen molar-refractivity contribution in [1.29, 1.82) is 0 Å². The highest BCUT2D eigenvalue weighted by atomic mass is 32.2. The Labute approximate surface area is 147 Å². The number of hydrogen-bond acceptors (Lipinski definition) is 5. The van der Waals surface area contributed by atoms with Gasteiger partial charge in [-0.1, -0.05) is 6.92 Å². The van der Waals surface area contributed by atoms with Crippen LogP contribution in [0.15, 0.2) is 12.1 Å². The summed E-state index contributed by atoms with van der Waals surface area (Å²) in [5, 5.41) is 3.19. The van der Waals surface area contributed by atoms with E-state index in [-0.39, 0.29) is 22.6 Å². The fourth-order valence-electron chi connectivity index (χ4n) is 2.76. The van der Waals surface area contributed by atoms with E-state index in [1.807, 2.05) is 4.72 Å². The highest BCUT2D eigenvalue weighted by Crippen LogP contribution is 2.45. The van der Waals surface area contributed by atoms with E-state index >= 15 is 0 Å². The Balaban J connectivity index is 1.83. The van der Waals surface area contributed by atoms with Gasteiger partial charge in [0.2, 0.25) is 10.0 Å². The van der Waals surface area contributed by atoms with Crippen LogP contribution in [0.3, 0.4) is 0 Å². The van der Waals surface area contributed by atoms with Crippen molar-refractivity contribution in [2.45, 2.75) is 32.6 Å². The van der Waals surface area contributed by atoms with Crippen molar-refractivity contribution in [1.82, 2.24) is 10.0 Å². The minimum atomic E-state index is -3.74. The Morgan fingerprint density at radius 3 is 2.60 bits per heavy atom. The van der Waals surface area contributed by atoms with Crippen LogP contribution in [0.25, 0.3) is 0 Å². The van der Waals surface area contributed by atoms with E-state index in [1.165, 1.54) is 19.1 Å². The van der Waals surface area contributed by atoms with Crippen molar-refractivity contribution in [3.05, 3.63) is 29.1 Å². The standard InChI is InChI=1S/C17H23FN2O4S/c1-3-25(22,23)20-16(21)13-6-12(11-4-5-11)15(7-14(13)18)24-10-17(2)8-19-9-17/h6-7,11,19H,3-5,8-10H2,1-2H3,(H,20,21). The van der Waals surface area contributed by atoms with Gasteiger partial charge in [-0.2, -0.15) is 0 Å². The van der Waals surface area contributed by atoms with Crippen LogP contribution in [0.5, 0.6) is 5.75 Å². The van der Waals surface area contributed by atoms with Crippen molar-refractivity contribution in [2.75, 3.05) is 25.4 Å². The van der Waals surface area contributed by atoms with E-state index in [2.05, 4.69) is 12.2 Å². The molecule has 3 rings (SSSR count). The van der Waals surface area contributed by atoms with Gasteiger partial charge >= 0.3 is 0 Å². The number of nitrogens with one attached hydrogen (secondary N) is 2. The van der Waals surface area contributed by atoms with E-state index in [1.54, 1.807) is 0 Å². The van der Waals surface area contributed by atoms with E-state index in [4.69, 9.17) is 4.74 Å². The molecule has 1 amide bonds. The number of hydrogen-bond donors (Lipinski definition) is 2. The zero-order valence-corrected chi connectivity index (χ0v) is 15.2. The third-order valence-electron chi connectivity index (χ3n) is 4.67. The number of sulfonamides is 1. The molecule has 0 radical (unpaired) electrons. The van der Waals surface area contributed by atoms with E-state index in [9.17, 15) is 17.6 Å². The first-order chi connectivity index (χ1) is 11.7. The maximum absolute atomic E-state index is 14.4. The van der Waals surface area contributed by atoms with Crippen LogP contribution in [0, 0.1) is 11.2 Å². The van der Waals surface area contributed by atoms with Crippen molar-refractivity contribution >= 4 is 15.9 Å². The lowest BCUT2D eigenvalue weighted by Gasteiger charge is -2.39. The van der Waals surface area contributed by atoms with Crippen molar-refractivity contribution in [2.24, 2.45) is 5.41 Å². The molecular formula is C17H23FN2O4S. The Morgan fingerprint density at radius 2 is 2.08 bits per heavy atom. The zero-order valence-electron chi connectivity index (χ0n) is 14.4. The van der Waals surface area contributed by atoms with Crippen molar-refractivity contribution < 1.29 is 22.3 Å². The molecule has 1 aliphatic carbocycles. The van der Waals surface area contributed by atoms with Gasteiger partial charge < -0.3 is 10.1 Å². The number of benzene rings is 1. The van der Waals surface area contributed by atoms with Gasteiger partial charge in [0.25, 0.3) is 5.91 Å². The van der Waals surface area contributed by atoms with Gasteiger partial charge in [0, 0.05) is 24.6 Å². The molecule has 0 atom stereocenters. The SMILES string of the molecule is CCS(=O)(=O)NC(=O)c1cc(C2CC2)c(OCC2(C)CNC2)cc1F. The minimum absolute atomic E-state index is 0.0303. The maximum atomic E-state index is 14.4. The molecule has 25 heavy (non-hydrogen) atoms. The molecule has 2 aliphatic rings. The predicted molar refractivity (Wildman–Crippen MR) is 91.8 cm³/mol. The molecule has 8 heteroatoms. The average Bonchev–Trinajstić information content (AvgIpc) is 3.35. The van der Waals surface area contributed by atoms with Crippen LogP contribution in [0.1, 0.15) is 48.5 Å². The average molecular weight is 370 g/mol. The molecule has 1 saturated heterocycles. The van der Waals surface area contributed by atoms with Gasteiger partial charge in [-0.25, -0.2) is 17.5 Å². The first-order valence-corrected chi connectivity index (χ1v) is 10.1. The number of amides is 1. The first-order valence-electron chi connectivity index (χ1n) is 8.45. The molecule has 138 valence electrons. The van der Waals surface area contributed by atoms with Crippen LogP contribution in [-0.4, -0.2) is 39.8 Å². The molecule has 0 bridgehead atoms. The normalized spacial score (nSPS) is 19.2. The van der Waals surface area contributed by atoms with Crippen LogP contribution in [-0.2, 0) is 10.0 Å². The molecule has 1 aromatic rings. The second kappa shape index (κ2) is 6.57. The summed E-state index contributed by atoms with van der Waals surface area (Å²) in [6.45, 7) is 5.67. The predicted octanol–water partition coefficient (Wildman–Crippen LogP) is 1.77. The first kappa shape index (κ1) is 18.1. The second-order valence-electron chi connectivity index (χ2n) is 7.18. The monoisotopic (exact) mass is 370 g/mol. The number of carbonyl (C=O) groups excluding carboxylic acids is 1. The molecule has 1 aliphatic heterocycles. The zero-order chi connectivity index (χ0) is 18.2. The fourth-order valence-corrected chi connectivity index (χ4v) is 3.30. The van der Waals surface area contributed by atoms with Gasteiger partial charge in [-0.05, 0) is 37.3 Å². The number of halogens is 1. The Kier molecular flexibility index (Phi) is 4.76. The van der Waals surface area contributed by atoms with Crippen molar-refractivity contribution in [3.63, 3.8) is 0 Å². The summed E-state index contributed by atoms with van der Waals surface area (Å²) in [7, 11) is -3.74. The van der Waals surface area contributed by atoms with Gasteiger partial charge in [0.15, 0.2) is 0 Å². The smallest absolute Gasteiger partial charge is 0.267 e. The molecule has 0 spiro atoms. The number of carbonyl (C=O) groups is 1. The molecule has 1 heterocycles. The molecular weight excluding hydrogens is 347 g/mol. The maximum Gasteiger partial charge on any atom is 0.267 e. The third kappa shape index (κ3) is 4.12. The summed E-state index contributed by atoms with van der Waals surface area (Å²) >= 11 is 0. The van der Waals surface area contributed by atoms with Crippen LogP contribution < -0.4 is 14.8 Å². The van der Waals surface area contributed by atoms with Crippen molar-refractivity contribution in [3.8, 4) is 5.75 Å². The minimum Gasteiger partial charge on any atom is -0.493 e. The number of ether oxygens (including phenoxy) is 1. The van der Waals surface area contributed by atoms with Gasteiger partial charge in [0.05, 0.1) is 17.9 Å². The van der Waals surface area contributed by atoms with Gasteiger partial charge in [-0.3, -0.25) is 4.79 Å². The van der Waals surface area contributed by atoms with E-state index < -0.39 is 21.7 Å². The molecule has 1 saturated carbocycles.